The van der Waals surface area contributed by atoms with E-state index < -0.39 is 0 Å². The maximum absolute atomic E-state index is 5.82. The van der Waals surface area contributed by atoms with Gasteiger partial charge in [0.25, 0.3) is 0 Å². The number of benzene rings is 1. The Morgan fingerprint density at radius 2 is 2.15 bits per heavy atom. The van der Waals surface area contributed by atoms with Crippen LogP contribution in [0.3, 0.4) is 0 Å². The molecule has 0 aliphatic carbocycles. The highest BCUT2D eigenvalue weighted by Gasteiger charge is 2.08. The third-order valence-electron chi connectivity index (χ3n) is 3.00. The van der Waals surface area contributed by atoms with E-state index in [0.717, 1.165) is 21.9 Å². The molecule has 2 aromatic heterocycles. The fourth-order valence-corrected chi connectivity index (χ4v) is 2.56. The lowest BCUT2D eigenvalue weighted by Crippen LogP contribution is -1.97. The summed E-state index contributed by atoms with van der Waals surface area (Å²) in [5.74, 6) is 1.55. The van der Waals surface area contributed by atoms with Gasteiger partial charge in [-0.25, -0.2) is 4.98 Å². The molecule has 3 aromatic rings. The zero-order valence-electron chi connectivity index (χ0n) is 11.4. The van der Waals surface area contributed by atoms with Gasteiger partial charge in [-0.1, -0.05) is 18.2 Å². The van der Waals surface area contributed by atoms with Crippen LogP contribution in [0.15, 0.2) is 46.4 Å². The number of nitrogens with zero attached hydrogens (tertiary/aromatic N) is 1. The van der Waals surface area contributed by atoms with Gasteiger partial charge in [0.1, 0.15) is 24.3 Å². The third-order valence-corrected chi connectivity index (χ3v) is 3.86. The van der Waals surface area contributed by atoms with Gasteiger partial charge in [0.2, 0.25) is 5.89 Å². The van der Waals surface area contributed by atoms with Gasteiger partial charge >= 0.3 is 0 Å². The fourth-order valence-electron chi connectivity index (χ4n) is 1.90. The molecule has 4 heteroatoms. The van der Waals surface area contributed by atoms with Crippen molar-refractivity contribution in [2.75, 3.05) is 0 Å². The number of rotatable bonds is 4. The van der Waals surface area contributed by atoms with Gasteiger partial charge < -0.3 is 9.15 Å². The van der Waals surface area contributed by atoms with Gasteiger partial charge in [-0.05, 0) is 42.5 Å². The Morgan fingerprint density at radius 1 is 1.25 bits per heavy atom. The molecule has 2 heterocycles. The molecule has 0 atom stereocenters. The number of aromatic nitrogens is 1. The smallest absolute Gasteiger partial charge is 0.236 e. The first-order valence-electron chi connectivity index (χ1n) is 6.41. The molecule has 3 rings (SSSR count). The van der Waals surface area contributed by atoms with Crippen LogP contribution < -0.4 is 4.74 Å². The Kier molecular flexibility index (Phi) is 3.56. The molecule has 0 amide bonds. The minimum absolute atomic E-state index is 0.416. The number of ether oxygens (including phenoxy) is 1. The molecule has 0 N–H and O–H groups in total. The van der Waals surface area contributed by atoms with Crippen LogP contribution in [0.4, 0.5) is 0 Å². The lowest BCUT2D eigenvalue weighted by atomic mass is 10.1. The minimum Gasteiger partial charge on any atom is -0.487 e. The normalized spacial score (nSPS) is 10.7. The predicted molar refractivity (Wildman–Crippen MR) is 80.1 cm³/mol. The minimum atomic E-state index is 0.416. The largest absolute Gasteiger partial charge is 0.487 e. The molecule has 20 heavy (non-hydrogen) atoms. The average molecular weight is 285 g/mol. The molecule has 0 spiro atoms. The first kappa shape index (κ1) is 12.9. The van der Waals surface area contributed by atoms with E-state index in [4.69, 9.17) is 9.15 Å². The second-order valence-electron chi connectivity index (χ2n) is 4.68. The van der Waals surface area contributed by atoms with Gasteiger partial charge in [0.05, 0.1) is 4.88 Å². The number of hydrogen-bond acceptors (Lipinski definition) is 4. The van der Waals surface area contributed by atoms with E-state index in [9.17, 15) is 0 Å². The molecule has 0 saturated heterocycles. The van der Waals surface area contributed by atoms with Crippen LogP contribution in [-0.2, 0) is 6.61 Å². The Morgan fingerprint density at radius 3 is 2.95 bits per heavy atom. The Hall–Kier alpha value is -2.07. The zero-order valence-corrected chi connectivity index (χ0v) is 12.2. The summed E-state index contributed by atoms with van der Waals surface area (Å²) in [7, 11) is 0. The van der Waals surface area contributed by atoms with Crippen molar-refractivity contribution in [3.05, 3.63) is 58.8 Å². The molecule has 0 unspecified atom stereocenters. The summed E-state index contributed by atoms with van der Waals surface area (Å²) >= 11 is 1.61. The standard InChI is InChI=1S/C16H15NO2S/c1-11-5-6-12(2)14(8-11)18-9-13-10-19-16(17-13)15-4-3-7-20-15/h3-8,10H,9H2,1-2H3. The lowest BCUT2D eigenvalue weighted by molar-refractivity contribution is 0.298. The highest BCUT2D eigenvalue weighted by Crippen LogP contribution is 2.25. The third kappa shape index (κ3) is 2.75. The fraction of sp³-hybridized carbons (Fsp3) is 0.188. The molecule has 102 valence electrons. The number of hydrogen-bond donors (Lipinski definition) is 0. The summed E-state index contributed by atoms with van der Waals surface area (Å²) in [4.78, 5) is 5.47. The predicted octanol–water partition coefficient (Wildman–Crippen LogP) is 4.60. The van der Waals surface area contributed by atoms with Gasteiger partial charge in [0.15, 0.2) is 0 Å². The topological polar surface area (TPSA) is 35.3 Å². The molecule has 3 nitrogen and oxygen atoms in total. The molecule has 1 aromatic carbocycles. The van der Waals surface area contributed by atoms with Crippen molar-refractivity contribution in [2.45, 2.75) is 20.5 Å². The van der Waals surface area contributed by atoms with Crippen LogP contribution in [0.2, 0.25) is 0 Å². The summed E-state index contributed by atoms with van der Waals surface area (Å²) in [5, 5.41) is 2.01. The Balaban J connectivity index is 1.71. The van der Waals surface area contributed by atoms with Gasteiger partial charge in [0, 0.05) is 0 Å². The second kappa shape index (κ2) is 5.51. The average Bonchev–Trinajstić information content (AvgIpc) is 3.09. The highest BCUT2D eigenvalue weighted by molar-refractivity contribution is 7.13. The van der Waals surface area contributed by atoms with Crippen molar-refractivity contribution < 1.29 is 9.15 Å². The van der Waals surface area contributed by atoms with Gasteiger partial charge in [-0.15, -0.1) is 11.3 Å². The molecule has 0 bridgehead atoms. The summed E-state index contributed by atoms with van der Waals surface area (Å²) < 4.78 is 11.3. The quantitative estimate of drug-likeness (QED) is 0.702. The first-order valence-corrected chi connectivity index (χ1v) is 7.28. The van der Waals surface area contributed by atoms with E-state index in [0.29, 0.717) is 12.5 Å². The molecular formula is C16H15NO2S. The van der Waals surface area contributed by atoms with Crippen LogP contribution in [0, 0.1) is 13.8 Å². The molecule has 0 aliphatic rings. The number of oxazole rings is 1. The number of aryl methyl sites for hydroxylation is 2. The van der Waals surface area contributed by atoms with E-state index in [2.05, 4.69) is 24.0 Å². The Bertz CT molecular complexity index is 701. The highest BCUT2D eigenvalue weighted by atomic mass is 32.1. The van der Waals surface area contributed by atoms with E-state index in [1.54, 1.807) is 17.6 Å². The van der Waals surface area contributed by atoms with Crippen LogP contribution >= 0.6 is 11.3 Å². The van der Waals surface area contributed by atoms with E-state index in [-0.39, 0.29) is 0 Å². The van der Waals surface area contributed by atoms with Crippen LogP contribution in [0.25, 0.3) is 10.8 Å². The van der Waals surface area contributed by atoms with Gasteiger partial charge in [-0.2, -0.15) is 0 Å². The van der Waals surface area contributed by atoms with E-state index in [1.807, 2.05) is 30.5 Å². The van der Waals surface area contributed by atoms with E-state index >= 15 is 0 Å². The lowest BCUT2D eigenvalue weighted by Gasteiger charge is -2.08. The summed E-state index contributed by atoms with van der Waals surface area (Å²) in [6.07, 6.45) is 1.65. The van der Waals surface area contributed by atoms with E-state index in [1.165, 1.54) is 5.56 Å². The molecule has 0 radical (unpaired) electrons. The second-order valence-corrected chi connectivity index (χ2v) is 5.63. The first-order chi connectivity index (χ1) is 9.72. The van der Waals surface area contributed by atoms with Crippen molar-refractivity contribution in [1.82, 2.24) is 4.98 Å². The summed E-state index contributed by atoms with van der Waals surface area (Å²) in [6, 6.07) is 10.1. The maximum Gasteiger partial charge on any atom is 0.236 e. The van der Waals surface area contributed by atoms with Crippen LogP contribution in [0.5, 0.6) is 5.75 Å². The summed E-state index contributed by atoms with van der Waals surface area (Å²) in [5.41, 5.74) is 3.11. The maximum atomic E-state index is 5.82. The molecular weight excluding hydrogens is 270 g/mol. The SMILES string of the molecule is Cc1ccc(C)c(OCc2coc(-c3cccs3)n2)c1. The van der Waals surface area contributed by atoms with Crippen molar-refractivity contribution in [1.29, 1.82) is 0 Å². The van der Waals surface area contributed by atoms with Crippen molar-refractivity contribution in [3.8, 4) is 16.5 Å². The Labute approximate surface area is 121 Å². The summed E-state index contributed by atoms with van der Waals surface area (Å²) in [6.45, 7) is 4.51. The van der Waals surface area contributed by atoms with Crippen LogP contribution in [-0.4, -0.2) is 4.98 Å². The van der Waals surface area contributed by atoms with Crippen LogP contribution in [0.1, 0.15) is 16.8 Å². The number of thiophene rings is 1. The zero-order chi connectivity index (χ0) is 13.9. The molecule has 0 fully saturated rings. The van der Waals surface area contributed by atoms with Crippen molar-refractivity contribution >= 4 is 11.3 Å². The monoisotopic (exact) mass is 285 g/mol. The van der Waals surface area contributed by atoms with Gasteiger partial charge in [-0.3, -0.25) is 0 Å². The molecule has 0 saturated carbocycles. The van der Waals surface area contributed by atoms with Crippen molar-refractivity contribution in [3.63, 3.8) is 0 Å². The van der Waals surface area contributed by atoms with Crippen molar-refractivity contribution in [2.24, 2.45) is 0 Å². The molecule has 0 aliphatic heterocycles.